The number of nitrogens with one attached hydrogen (secondary N) is 2. The molecule has 1 aliphatic heterocycles. The van der Waals surface area contributed by atoms with Crippen molar-refractivity contribution in [2.45, 2.75) is 25.7 Å². The first-order chi connectivity index (χ1) is 12.5. The van der Waals surface area contributed by atoms with Gasteiger partial charge in [-0.25, -0.2) is 0 Å². The Morgan fingerprint density at radius 1 is 1.54 bits per heavy atom. The third-order valence-corrected chi connectivity index (χ3v) is 5.17. The highest BCUT2D eigenvalue weighted by Gasteiger charge is 2.30. The molecule has 8 heteroatoms. The molecule has 1 atom stereocenters. The number of nitriles is 1. The van der Waals surface area contributed by atoms with Crippen molar-refractivity contribution in [3.05, 3.63) is 39.4 Å². The molecule has 0 bridgehead atoms. The Balaban J connectivity index is 2.25. The van der Waals surface area contributed by atoms with Crippen molar-refractivity contribution in [3.63, 3.8) is 0 Å². The Hall–Kier alpha value is -2.17. The maximum atomic E-state index is 12.1. The van der Waals surface area contributed by atoms with Gasteiger partial charge in [0, 0.05) is 18.9 Å². The van der Waals surface area contributed by atoms with Gasteiger partial charge < -0.3 is 15.4 Å². The van der Waals surface area contributed by atoms with Crippen LogP contribution in [0.1, 0.15) is 31.2 Å². The van der Waals surface area contributed by atoms with Crippen LogP contribution in [-0.4, -0.2) is 31.2 Å². The first kappa shape index (κ1) is 20.1. The van der Waals surface area contributed by atoms with Gasteiger partial charge in [0.25, 0.3) is 0 Å². The maximum absolute atomic E-state index is 12.1. The molecule has 0 aliphatic carbocycles. The number of amides is 2. The molecule has 0 fully saturated rings. The van der Waals surface area contributed by atoms with Gasteiger partial charge in [0.05, 0.1) is 34.6 Å². The molecule has 0 unspecified atom stereocenters. The molecule has 1 heterocycles. The smallest absolute Gasteiger partial charge is 0.230 e. The van der Waals surface area contributed by atoms with Gasteiger partial charge in [0.2, 0.25) is 11.8 Å². The molecule has 138 valence electrons. The lowest BCUT2D eigenvalue weighted by Gasteiger charge is -2.25. The normalized spacial score (nSPS) is 16.7. The summed E-state index contributed by atoms with van der Waals surface area (Å²) in [5, 5.41) is 15.9. The van der Waals surface area contributed by atoms with E-state index in [-0.39, 0.29) is 24.0 Å². The summed E-state index contributed by atoms with van der Waals surface area (Å²) in [4.78, 5) is 23.9. The molecular weight excluding hydrogens is 374 g/mol. The van der Waals surface area contributed by atoms with Gasteiger partial charge in [0.15, 0.2) is 0 Å². The molecule has 2 amide bonds. The van der Waals surface area contributed by atoms with E-state index in [0.717, 1.165) is 23.7 Å². The predicted octanol–water partition coefficient (Wildman–Crippen LogP) is 2.95. The summed E-state index contributed by atoms with van der Waals surface area (Å²) in [6, 6.07) is 7.39. The minimum atomic E-state index is -0.404. The maximum Gasteiger partial charge on any atom is 0.230 e. The van der Waals surface area contributed by atoms with Crippen LogP contribution in [0.3, 0.4) is 0 Å². The second-order valence-electron chi connectivity index (χ2n) is 5.69. The summed E-state index contributed by atoms with van der Waals surface area (Å²) in [6.07, 6.45) is 0.997. The summed E-state index contributed by atoms with van der Waals surface area (Å²) in [7, 11) is 1.52. The Morgan fingerprint density at radius 2 is 2.31 bits per heavy atom. The quantitative estimate of drug-likeness (QED) is 0.743. The number of rotatable bonds is 7. The van der Waals surface area contributed by atoms with Crippen LogP contribution in [0.15, 0.2) is 28.8 Å². The molecule has 1 aromatic rings. The number of nitrogens with zero attached hydrogens (tertiary/aromatic N) is 1. The van der Waals surface area contributed by atoms with Crippen LogP contribution in [0.25, 0.3) is 0 Å². The molecule has 0 saturated carbocycles. The number of halogens is 1. The molecule has 2 N–H and O–H groups in total. The molecular formula is C18H20ClN3O3S. The highest BCUT2D eigenvalue weighted by Crippen LogP contribution is 2.38. The number of ether oxygens (including phenoxy) is 1. The van der Waals surface area contributed by atoms with Crippen molar-refractivity contribution in [3.8, 4) is 11.8 Å². The minimum absolute atomic E-state index is 0.134. The fourth-order valence-electron chi connectivity index (χ4n) is 2.57. The van der Waals surface area contributed by atoms with E-state index in [2.05, 4.69) is 16.7 Å². The Morgan fingerprint density at radius 3 is 2.92 bits per heavy atom. The summed E-state index contributed by atoms with van der Waals surface area (Å²) >= 11 is 7.34. The van der Waals surface area contributed by atoms with Crippen molar-refractivity contribution in [1.82, 2.24) is 10.6 Å². The van der Waals surface area contributed by atoms with E-state index in [0.29, 0.717) is 27.9 Å². The number of carbonyl (C=O) groups is 2. The largest absolute Gasteiger partial charge is 0.495 e. The third kappa shape index (κ3) is 4.93. The summed E-state index contributed by atoms with van der Waals surface area (Å²) in [5.74, 6) is -0.0710. The number of hydrogen-bond acceptors (Lipinski definition) is 5. The van der Waals surface area contributed by atoms with E-state index in [4.69, 9.17) is 16.3 Å². The topological polar surface area (TPSA) is 91.2 Å². The average molecular weight is 394 g/mol. The van der Waals surface area contributed by atoms with Crippen LogP contribution in [0.5, 0.6) is 5.75 Å². The number of carbonyl (C=O) groups excluding carboxylic acids is 2. The van der Waals surface area contributed by atoms with E-state index in [1.807, 2.05) is 6.92 Å². The van der Waals surface area contributed by atoms with Crippen molar-refractivity contribution < 1.29 is 14.3 Å². The predicted molar refractivity (Wildman–Crippen MR) is 102 cm³/mol. The SMILES string of the molecule is CCCNC(=O)CSC1=C(C#N)[C@H](c2ccc(OC)c(Cl)c2)CC(=O)N1. The molecule has 0 radical (unpaired) electrons. The molecule has 26 heavy (non-hydrogen) atoms. The van der Waals surface area contributed by atoms with Crippen molar-refractivity contribution in [2.24, 2.45) is 0 Å². The van der Waals surface area contributed by atoms with Gasteiger partial charge >= 0.3 is 0 Å². The summed E-state index contributed by atoms with van der Waals surface area (Å²) < 4.78 is 5.14. The number of benzene rings is 1. The third-order valence-electron chi connectivity index (χ3n) is 3.85. The van der Waals surface area contributed by atoms with Gasteiger partial charge in [-0.3, -0.25) is 9.59 Å². The van der Waals surface area contributed by atoms with Gasteiger partial charge in [-0.2, -0.15) is 5.26 Å². The highest BCUT2D eigenvalue weighted by atomic mass is 35.5. The van der Waals surface area contributed by atoms with Crippen LogP contribution < -0.4 is 15.4 Å². The molecule has 6 nitrogen and oxygen atoms in total. The second-order valence-corrected chi connectivity index (χ2v) is 7.08. The van der Waals surface area contributed by atoms with E-state index >= 15 is 0 Å². The average Bonchev–Trinajstić information content (AvgIpc) is 2.64. The highest BCUT2D eigenvalue weighted by molar-refractivity contribution is 8.03. The number of methoxy groups -OCH3 is 1. The van der Waals surface area contributed by atoms with Crippen LogP contribution in [0.4, 0.5) is 0 Å². The zero-order chi connectivity index (χ0) is 19.1. The first-order valence-corrected chi connectivity index (χ1v) is 9.53. The van der Waals surface area contributed by atoms with Gasteiger partial charge in [-0.1, -0.05) is 36.4 Å². The van der Waals surface area contributed by atoms with E-state index in [9.17, 15) is 14.9 Å². The zero-order valence-corrected chi connectivity index (χ0v) is 16.2. The lowest BCUT2D eigenvalue weighted by Crippen LogP contribution is -2.32. The molecule has 0 spiro atoms. The zero-order valence-electron chi connectivity index (χ0n) is 14.6. The van der Waals surface area contributed by atoms with Crippen molar-refractivity contribution in [1.29, 1.82) is 5.26 Å². The first-order valence-electron chi connectivity index (χ1n) is 8.17. The molecule has 1 aromatic carbocycles. The fourth-order valence-corrected chi connectivity index (χ4v) is 3.74. The number of hydrogen-bond donors (Lipinski definition) is 2. The minimum Gasteiger partial charge on any atom is -0.495 e. The number of allylic oxidation sites excluding steroid dienone is 1. The number of thioether (sulfide) groups is 1. The lowest BCUT2D eigenvalue weighted by atomic mass is 9.87. The second kappa shape index (κ2) is 9.51. The standard InChI is InChI=1S/C18H20ClN3O3S/c1-3-6-21-17(24)10-26-18-13(9-20)12(8-16(23)22-18)11-4-5-15(25-2)14(19)7-11/h4-5,7,12H,3,6,8,10H2,1-2H3,(H,21,24)(H,22,23)/t12-/m0/s1. The van der Waals surface area contributed by atoms with Gasteiger partial charge in [-0.15, -0.1) is 0 Å². The van der Waals surface area contributed by atoms with Gasteiger partial charge in [0.1, 0.15) is 5.75 Å². The molecule has 2 rings (SSSR count). The fraction of sp³-hybridized carbons (Fsp3) is 0.389. The summed E-state index contributed by atoms with van der Waals surface area (Å²) in [5.41, 5.74) is 1.19. The van der Waals surface area contributed by atoms with Crippen LogP contribution in [0, 0.1) is 11.3 Å². The van der Waals surface area contributed by atoms with Crippen LogP contribution in [0.2, 0.25) is 5.02 Å². The molecule has 0 aromatic heterocycles. The Bertz CT molecular complexity index is 773. The van der Waals surface area contributed by atoms with E-state index < -0.39 is 5.92 Å². The van der Waals surface area contributed by atoms with E-state index in [1.54, 1.807) is 18.2 Å². The van der Waals surface area contributed by atoms with Crippen molar-refractivity contribution >= 4 is 35.2 Å². The molecule has 1 aliphatic rings. The monoisotopic (exact) mass is 393 g/mol. The van der Waals surface area contributed by atoms with Gasteiger partial charge in [-0.05, 0) is 24.1 Å². The van der Waals surface area contributed by atoms with E-state index in [1.165, 1.54) is 7.11 Å². The van der Waals surface area contributed by atoms with Crippen LogP contribution in [-0.2, 0) is 9.59 Å². The Labute approximate surface area is 161 Å². The summed E-state index contributed by atoms with van der Waals surface area (Å²) in [6.45, 7) is 2.57. The molecule has 0 saturated heterocycles. The van der Waals surface area contributed by atoms with Crippen molar-refractivity contribution in [2.75, 3.05) is 19.4 Å². The Kier molecular flexibility index (Phi) is 7.37. The lowest BCUT2D eigenvalue weighted by molar-refractivity contribution is -0.121. The van der Waals surface area contributed by atoms with Crippen LogP contribution >= 0.6 is 23.4 Å².